The molecule has 1 N–H and O–H groups in total. The molecule has 3 rings (SSSR count). The van der Waals surface area contributed by atoms with Crippen LogP contribution < -0.4 is 5.32 Å². The molecular formula is C19H10F6N2O3S. The highest BCUT2D eigenvalue weighted by Crippen LogP contribution is 2.33. The number of alkyl halides is 3. The van der Waals surface area contributed by atoms with Gasteiger partial charge in [0, 0.05) is 0 Å². The highest BCUT2D eigenvalue weighted by molar-refractivity contribution is 8.18. The molecule has 0 aliphatic carbocycles. The number of carbonyl (C=O) groups is 3. The van der Waals surface area contributed by atoms with Gasteiger partial charge in [-0.3, -0.25) is 19.3 Å². The third-order valence-corrected chi connectivity index (χ3v) is 4.93. The average molecular weight is 460 g/mol. The molecule has 1 aliphatic heterocycles. The first-order chi connectivity index (χ1) is 14.5. The molecule has 0 atom stereocenters. The zero-order chi connectivity index (χ0) is 22.9. The molecule has 5 nitrogen and oxygen atoms in total. The Morgan fingerprint density at radius 3 is 2.26 bits per heavy atom. The Balaban J connectivity index is 1.71. The van der Waals surface area contributed by atoms with Crippen LogP contribution in [0.3, 0.4) is 0 Å². The first kappa shape index (κ1) is 22.4. The van der Waals surface area contributed by atoms with Crippen molar-refractivity contribution in [2.24, 2.45) is 0 Å². The van der Waals surface area contributed by atoms with Crippen LogP contribution in [0.5, 0.6) is 0 Å². The Kier molecular flexibility index (Phi) is 6.11. The maximum atomic E-state index is 13.6. The molecule has 1 fully saturated rings. The van der Waals surface area contributed by atoms with Gasteiger partial charge in [-0.05, 0) is 47.7 Å². The van der Waals surface area contributed by atoms with Crippen molar-refractivity contribution < 1.29 is 40.7 Å². The highest BCUT2D eigenvalue weighted by Gasteiger charge is 2.36. The minimum absolute atomic E-state index is 0.142. The lowest BCUT2D eigenvalue weighted by atomic mass is 10.1. The number of rotatable bonds is 4. The zero-order valence-corrected chi connectivity index (χ0v) is 15.9. The lowest BCUT2D eigenvalue weighted by Gasteiger charge is -2.13. The summed E-state index contributed by atoms with van der Waals surface area (Å²) in [6.45, 7) is -0.840. The third kappa shape index (κ3) is 4.90. The Morgan fingerprint density at radius 1 is 1.00 bits per heavy atom. The van der Waals surface area contributed by atoms with E-state index in [-0.39, 0.29) is 10.5 Å². The van der Waals surface area contributed by atoms with Crippen molar-refractivity contribution in [1.82, 2.24) is 4.90 Å². The largest absolute Gasteiger partial charge is 0.416 e. The van der Waals surface area contributed by atoms with Crippen molar-refractivity contribution in [2.75, 3.05) is 11.9 Å². The minimum Gasteiger partial charge on any atom is -0.322 e. The summed E-state index contributed by atoms with van der Waals surface area (Å²) >= 11 is 0.455. The fraction of sp³-hybridized carbons (Fsp3) is 0.105. The lowest BCUT2D eigenvalue weighted by Crippen LogP contribution is -2.36. The summed E-state index contributed by atoms with van der Waals surface area (Å²) in [7, 11) is 0. The van der Waals surface area contributed by atoms with Crippen molar-refractivity contribution in [2.45, 2.75) is 6.18 Å². The van der Waals surface area contributed by atoms with Gasteiger partial charge >= 0.3 is 6.18 Å². The minimum atomic E-state index is -4.53. The van der Waals surface area contributed by atoms with Gasteiger partial charge in [-0.2, -0.15) is 13.2 Å². The first-order valence-electron chi connectivity index (χ1n) is 8.33. The number of carbonyl (C=O) groups excluding carboxylic acids is 3. The average Bonchev–Trinajstić information content (AvgIpc) is 2.95. The van der Waals surface area contributed by atoms with E-state index in [0.717, 1.165) is 30.3 Å². The molecule has 12 heteroatoms. The second-order valence-electron chi connectivity index (χ2n) is 6.16. The van der Waals surface area contributed by atoms with Gasteiger partial charge < -0.3 is 5.32 Å². The van der Waals surface area contributed by atoms with Gasteiger partial charge in [0.05, 0.1) is 16.2 Å². The number of amides is 3. The molecular weight excluding hydrogens is 450 g/mol. The Morgan fingerprint density at radius 2 is 1.65 bits per heavy atom. The quantitative estimate of drug-likeness (QED) is 0.405. The molecule has 0 radical (unpaired) electrons. The second kappa shape index (κ2) is 8.46. The monoisotopic (exact) mass is 460 g/mol. The number of thioether (sulfide) groups is 1. The van der Waals surface area contributed by atoms with Crippen LogP contribution in [-0.4, -0.2) is 28.5 Å². The number of anilines is 1. The van der Waals surface area contributed by atoms with Gasteiger partial charge in [-0.15, -0.1) is 0 Å². The molecule has 1 aliphatic rings. The molecule has 2 aromatic rings. The number of nitrogens with one attached hydrogen (secondary N) is 1. The number of halogens is 6. The highest BCUT2D eigenvalue weighted by atomic mass is 32.2. The molecule has 0 aromatic heterocycles. The predicted molar refractivity (Wildman–Crippen MR) is 99.1 cm³/mol. The molecule has 31 heavy (non-hydrogen) atoms. The van der Waals surface area contributed by atoms with Crippen molar-refractivity contribution in [3.63, 3.8) is 0 Å². The van der Waals surface area contributed by atoms with E-state index < -0.39 is 58.5 Å². The number of nitrogens with zero attached hydrogens (tertiary/aromatic N) is 1. The molecule has 1 saturated heterocycles. The van der Waals surface area contributed by atoms with E-state index in [2.05, 4.69) is 0 Å². The van der Waals surface area contributed by atoms with Gasteiger partial charge in [-0.1, -0.05) is 12.1 Å². The third-order valence-electron chi connectivity index (χ3n) is 4.02. The number of imide groups is 1. The molecule has 162 valence electrons. The summed E-state index contributed by atoms with van der Waals surface area (Å²) in [5, 5.41) is 1.09. The molecule has 0 bridgehead atoms. The maximum Gasteiger partial charge on any atom is 0.416 e. The smallest absolute Gasteiger partial charge is 0.322 e. The van der Waals surface area contributed by atoms with Crippen LogP contribution in [0.2, 0.25) is 0 Å². The summed E-state index contributed by atoms with van der Waals surface area (Å²) in [4.78, 5) is 36.8. The van der Waals surface area contributed by atoms with Crippen molar-refractivity contribution in [3.8, 4) is 0 Å². The van der Waals surface area contributed by atoms with Crippen LogP contribution in [0, 0.1) is 17.5 Å². The number of hydrogen-bond donors (Lipinski definition) is 1. The van der Waals surface area contributed by atoms with Gasteiger partial charge in [-0.25, -0.2) is 13.2 Å². The van der Waals surface area contributed by atoms with Gasteiger partial charge in [0.2, 0.25) is 5.91 Å². The fourth-order valence-electron chi connectivity index (χ4n) is 2.51. The normalized spacial score (nSPS) is 15.7. The molecule has 0 saturated carbocycles. The van der Waals surface area contributed by atoms with E-state index in [1.54, 1.807) is 0 Å². The van der Waals surface area contributed by atoms with E-state index in [4.69, 9.17) is 0 Å². The summed E-state index contributed by atoms with van der Waals surface area (Å²) in [6, 6.07) is 5.18. The van der Waals surface area contributed by atoms with Crippen LogP contribution in [-0.2, 0) is 15.8 Å². The SMILES string of the molecule is O=C(CN1C(=O)S/C(=C\c2ccc(C(F)(F)F)cc2)C1=O)Nc1ccc(F)c(F)c1F. The predicted octanol–water partition coefficient (Wildman–Crippen LogP) is 4.80. The lowest BCUT2D eigenvalue weighted by molar-refractivity contribution is -0.137. The van der Waals surface area contributed by atoms with Crippen LogP contribution in [0.15, 0.2) is 41.3 Å². The molecule has 0 unspecified atom stereocenters. The van der Waals surface area contributed by atoms with E-state index in [9.17, 15) is 40.7 Å². The van der Waals surface area contributed by atoms with E-state index in [1.807, 2.05) is 5.32 Å². The molecule has 2 aromatic carbocycles. The van der Waals surface area contributed by atoms with Crippen molar-refractivity contribution in [3.05, 3.63) is 69.9 Å². The molecule has 0 spiro atoms. The van der Waals surface area contributed by atoms with Crippen LogP contribution in [0.25, 0.3) is 6.08 Å². The zero-order valence-electron chi connectivity index (χ0n) is 15.1. The fourth-order valence-corrected chi connectivity index (χ4v) is 3.35. The topological polar surface area (TPSA) is 66.5 Å². The Bertz CT molecular complexity index is 1100. The second-order valence-corrected chi connectivity index (χ2v) is 7.15. The van der Waals surface area contributed by atoms with E-state index in [0.29, 0.717) is 22.7 Å². The van der Waals surface area contributed by atoms with Crippen LogP contribution in [0.1, 0.15) is 11.1 Å². The standard InChI is InChI=1S/C19H10F6N2O3S/c20-11-5-6-12(16(22)15(11)21)26-14(28)8-27-17(29)13(31-18(27)30)7-9-1-3-10(4-2-9)19(23,24)25/h1-7H,8H2,(H,26,28)/b13-7-. The van der Waals surface area contributed by atoms with Crippen LogP contribution in [0.4, 0.5) is 36.8 Å². The summed E-state index contributed by atoms with van der Waals surface area (Å²) in [5.41, 5.74) is -1.36. The van der Waals surface area contributed by atoms with E-state index in [1.165, 1.54) is 6.08 Å². The molecule has 1 heterocycles. The van der Waals surface area contributed by atoms with Gasteiger partial charge in [0.15, 0.2) is 17.5 Å². The summed E-state index contributed by atoms with van der Waals surface area (Å²) < 4.78 is 77.6. The number of benzene rings is 2. The maximum absolute atomic E-state index is 13.6. The van der Waals surface area contributed by atoms with Crippen molar-refractivity contribution in [1.29, 1.82) is 0 Å². The summed E-state index contributed by atoms with van der Waals surface area (Å²) in [5.74, 6) is -6.86. The van der Waals surface area contributed by atoms with Crippen LogP contribution >= 0.6 is 11.8 Å². The van der Waals surface area contributed by atoms with Crippen molar-refractivity contribution >= 4 is 40.6 Å². The molecule has 3 amide bonds. The van der Waals surface area contributed by atoms with Gasteiger partial charge in [0.1, 0.15) is 6.54 Å². The number of hydrogen-bond acceptors (Lipinski definition) is 4. The van der Waals surface area contributed by atoms with Gasteiger partial charge in [0.25, 0.3) is 11.1 Å². The Labute approximate surface area is 174 Å². The van der Waals surface area contributed by atoms with E-state index >= 15 is 0 Å². The summed E-state index contributed by atoms with van der Waals surface area (Å²) in [6.07, 6.45) is -3.35. The Hall–Kier alpha value is -3.28. The first-order valence-corrected chi connectivity index (χ1v) is 9.15.